The predicted octanol–water partition coefficient (Wildman–Crippen LogP) is 0.835. The number of carboxylic acid groups (broad SMARTS) is 1. The first-order chi connectivity index (χ1) is 8.72. The van der Waals surface area contributed by atoms with E-state index in [1.165, 1.54) is 0 Å². The van der Waals surface area contributed by atoms with E-state index in [9.17, 15) is 9.90 Å². The third kappa shape index (κ3) is 3.22. The highest BCUT2D eigenvalue weighted by atomic mass is 16.5. The highest BCUT2D eigenvalue weighted by Crippen LogP contribution is 2.23. The summed E-state index contributed by atoms with van der Waals surface area (Å²) in [5.41, 5.74) is 0. The van der Waals surface area contributed by atoms with Gasteiger partial charge in [0.25, 0.3) is 0 Å². The number of likely N-dealkylation sites (N-methyl/N-ethyl adjacent to an activating group) is 1. The number of nitrogens with zero attached hydrogens (tertiary/aromatic N) is 1. The quantitative estimate of drug-likeness (QED) is 0.790. The van der Waals surface area contributed by atoms with Gasteiger partial charge in [0.1, 0.15) is 0 Å². The third-order valence-electron chi connectivity index (χ3n) is 4.08. The van der Waals surface area contributed by atoms with Crippen LogP contribution in [0.1, 0.15) is 19.8 Å². The Balaban J connectivity index is 1.92. The lowest BCUT2D eigenvalue weighted by Crippen LogP contribution is -2.45. The minimum Gasteiger partial charge on any atom is -0.481 e. The van der Waals surface area contributed by atoms with Gasteiger partial charge in [0, 0.05) is 25.8 Å². The lowest BCUT2D eigenvalue weighted by atomic mass is 9.96. The van der Waals surface area contributed by atoms with E-state index in [4.69, 9.17) is 9.47 Å². The summed E-state index contributed by atoms with van der Waals surface area (Å²) >= 11 is 0. The first-order valence-electron chi connectivity index (χ1n) is 6.84. The van der Waals surface area contributed by atoms with E-state index in [0.717, 1.165) is 39.1 Å². The molecule has 0 aromatic carbocycles. The van der Waals surface area contributed by atoms with E-state index in [1.807, 2.05) is 0 Å². The van der Waals surface area contributed by atoms with Crippen LogP contribution in [-0.4, -0.2) is 61.5 Å². The summed E-state index contributed by atoms with van der Waals surface area (Å²) in [5, 5.41) is 9.21. The minimum atomic E-state index is -0.733. The number of carbonyl (C=O) groups is 1. The molecule has 2 unspecified atom stereocenters. The maximum Gasteiger partial charge on any atom is 0.310 e. The molecule has 18 heavy (non-hydrogen) atoms. The highest BCUT2D eigenvalue weighted by Gasteiger charge is 2.38. The average molecular weight is 257 g/mol. The second-order valence-corrected chi connectivity index (χ2v) is 5.19. The van der Waals surface area contributed by atoms with Gasteiger partial charge >= 0.3 is 5.97 Å². The number of hydrogen-bond donors (Lipinski definition) is 1. The Labute approximate surface area is 108 Å². The zero-order chi connectivity index (χ0) is 13.0. The number of carboxylic acids is 1. The summed E-state index contributed by atoms with van der Waals surface area (Å²) in [4.78, 5) is 13.5. The van der Waals surface area contributed by atoms with Crippen LogP contribution in [0.4, 0.5) is 0 Å². The second kappa shape index (κ2) is 6.50. The van der Waals surface area contributed by atoms with Crippen molar-refractivity contribution in [1.29, 1.82) is 0 Å². The summed E-state index contributed by atoms with van der Waals surface area (Å²) in [6.07, 6.45) is 2.17. The Morgan fingerprint density at radius 3 is 2.61 bits per heavy atom. The van der Waals surface area contributed by atoms with Crippen molar-refractivity contribution in [2.24, 2.45) is 11.8 Å². The molecule has 0 aromatic heterocycles. The standard InChI is InChI=1S/C13H23NO4/c1-2-14(7-10-3-5-17-6-4-10)12-9-18-8-11(12)13(15)16/h10-12H,2-9H2,1H3,(H,15,16). The summed E-state index contributed by atoms with van der Waals surface area (Å²) < 4.78 is 10.7. The molecule has 5 heteroatoms. The van der Waals surface area contributed by atoms with Gasteiger partial charge in [-0.05, 0) is 25.3 Å². The first kappa shape index (κ1) is 13.8. The third-order valence-corrected chi connectivity index (χ3v) is 4.08. The van der Waals surface area contributed by atoms with Gasteiger partial charge in [0.15, 0.2) is 0 Å². The lowest BCUT2D eigenvalue weighted by Gasteiger charge is -2.33. The van der Waals surface area contributed by atoms with E-state index in [0.29, 0.717) is 19.1 Å². The fourth-order valence-corrected chi connectivity index (χ4v) is 2.90. The van der Waals surface area contributed by atoms with Crippen LogP contribution in [-0.2, 0) is 14.3 Å². The monoisotopic (exact) mass is 257 g/mol. The van der Waals surface area contributed by atoms with E-state index in [-0.39, 0.29) is 12.0 Å². The molecule has 104 valence electrons. The molecular weight excluding hydrogens is 234 g/mol. The predicted molar refractivity (Wildman–Crippen MR) is 66.5 cm³/mol. The molecule has 2 rings (SSSR count). The molecule has 2 aliphatic heterocycles. The van der Waals surface area contributed by atoms with Crippen LogP contribution in [0.5, 0.6) is 0 Å². The maximum atomic E-state index is 11.2. The molecule has 2 atom stereocenters. The Hall–Kier alpha value is -0.650. The van der Waals surface area contributed by atoms with Gasteiger partial charge in [-0.3, -0.25) is 9.69 Å². The van der Waals surface area contributed by atoms with E-state index < -0.39 is 5.97 Å². The number of hydrogen-bond acceptors (Lipinski definition) is 4. The average Bonchev–Trinajstić information content (AvgIpc) is 2.86. The summed E-state index contributed by atoms with van der Waals surface area (Å²) in [5.74, 6) is -0.471. The molecule has 2 heterocycles. The lowest BCUT2D eigenvalue weighted by molar-refractivity contribution is -0.143. The Bertz CT molecular complexity index is 278. The number of aliphatic carboxylic acids is 1. The smallest absolute Gasteiger partial charge is 0.310 e. The Morgan fingerprint density at radius 1 is 1.28 bits per heavy atom. The molecular formula is C13H23NO4. The van der Waals surface area contributed by atoms with E-state index in [2.05, 4.69) is 11.8 Å². The van der Waals surface area contributed by atoms with Crippen molar-refractivity contribution in [1.82, 2.24) is 4.90 Å². The van der Waals surface area contributed by atoms with Crippen molar-refractivity contribution < 1.29 is 19.4 Å². The SMILES string of the molecule is CCN(CC1CCOCC1)C1COCC1C(=O)O. The van der Waals surface area contributed by atoms with Gasteiger partial charge in [-0.2, -0.15) is 0 Å². The van der Waals surface area contributed by atoms with E-state index in [1.54, 1.807) is 0 Å². The van der Waals surface area contributed by atoms with Crippen molar-refractivity contribution in [2.45, 2.75) is 25.8 Å². The molecule has 0 saturated carbocycles. The minimum absolute atomic E-state index is 0.0374. The molecule has 2 saturated heterocycles. The van der Waals surface area contributed by atoms with Gasteiger partial charge in [-0.1, -0.05) is 6.92 Å². The summed E-state index contributed by atoms with van der Waals surface area (Å²) in [7, 11) is 0. The fraction of sp³-hybridized carbons (Fsp3) is 0.923. The molecule has 0 aliphatic carbocycles. The van der Waals surface area contributed by atoms with Gasteiger partial charge < -0.3 is 14.6 Å². The second-order valence-electron chi connectivity index (χ2n) is 5.19. The molecule has 0 spiro atoms. The molecule has 0 aromatic rings. The van der Waals surface area contributed by atoms with Crippen LogP contribution >= 0.6 is 0 Å². The fourth-order valence-electron chi connectivity index (χ4n) is 2.90. The zero-order valence-corrected chi connectivity index (χ0v) is 11.0. The van der Waals surface area contributed by atoms with Crippen LogP contribution in [0, 0.1) is 11.8 Å². The molecule has 2 aliphatic rings. The van der Waals surface area contributed by atoms with Gasteiger partial charge in [0.05, 0.1) is 19.1 Å². The van der Waals surface area contributed by atoms with Crippen LogP contribution < -0.4 is 0 Å². The number of rotatable bonds is 5. The van der Waals surface area contributed by atoms with Crippen molar-refractivity contribution in [3.05, 3.63) is 0 Å². The summed E-state index contributed by atoms with van der Waals surface area (Å²) in [6.45, 7) is 6.53. The van der Waals surface area contributed by atoms with Gasteiger partial charge in [-0.15, -0.1) is 0 Å². The molecule has 2 fully saturated rings. The molecule has 0 bridgehead atoms. The van der Waals surface area contributed by atoms with Crippen LogP contribution in [0.3, 0.4) is 0 Å². The molecule has 1 N–H and O–H groups in total. The molecule has 0 radical (unpaired) electrons. The zero-order valence-electron chi connectivity index (χ0n) is 11.0. The maximum absolute atomic E-state index is 11.2. The summed E-state index contributed by atoms with van der Waals surface area (Å²) in [6, 6.07) is 0.0374. The normalized spacial score (nSPS) is 29.9. The molecule has 0 amide bonds. The van der Waals surface area contributed by atoms with Crippen molar-refractivity contribution in [3.8, 4) is 0 Å². The highest BCUT2D eigenvalue weighted by molar-refractivity contribution is 5.71. The van der Waals surface area contributed by atoms with E-state index >= 15 is 0 Å². The van der Waals surface area contributed by atoms with Gasteiger partial charge in [0.2, 0.25) is 0 Å². The first-order valence-corrected chi connectivity index (χ1v) is 6.84. The molecule has 5 nitrogen and oxygen atoms in total. The van der Waals surface area contributed by atoms with Crippen LogP contribution in [0.15, 0.2) is 0 Å². The van der Waals surface area contributed by atoms with Crippen molar-refractivity contribution >= 4 is 5.97 Å². The largest absolute Gasteiger partial charge is 0.481 e. The van der Waals surface area contributed by atoms with Crippen molar-refractivity contribution in [3.63, 3.8) is 0 Å². The Morgan fingerprint density at radius 2 is 2.00 bits per heavy atom. The van der Waals surface area contributed by atoms with Gasteiger partial charge in [-0.25, -0.2) is 0 Å². The Kier molecular flexibility index (Phi) is 4.97. The van der Waals surface area contributed by atoms with Crippen LogP contribution in [0.2, 0.25) is 0 Å². The number of ether oxygens (including phenoxy) is 2. The topological polar surface area (TPSA) is 59.0 Å². The van der Waals surface area contributed by atoms with Crippen LogP contribution in [0.25, 0.3) is 0 Å². The van der Waals surface area contributed by atoms with Crippen molar-refractivity contribution in [2.75, 3.05) is 39.5 Å².